The van der Waals surface area contributed by atoms with Crippen LogP contribution in [0.1, 0.15) is 24.4 Å². The number of hydrogen-bond donors (Lipinski definition) is 0. The quantitative estimate of drug-likeness (QED) is 0.725. The summed E-state index contributed by atoms with van der Waals surface area (Å²) in [5, 5.41) is 0.509. The van der Waals surface area contributed by atoms with Crippen molar-refractivity contribution in [2.24, 2.45) is 0 Å². The van der Waals surface area contributed by atoms with Crippen LogP contribution in [0, 0.1) is 0 Å². The van der Waals surface area contributed by atoms with Gasteiger partial charge >= 0.3 is 0 Å². The van der Waals surface area contributed by atoms with Crippen molar-refractivity contribution in [2.45, 2.75) is 19.5 Å². The summed E-state index contributed by atoms with van der Waals surface area (Å²) in [6.07, 6.45) is 0. The highest BCUT2D eigenvalue weighted by atomic mass is 16.2. The van der Waals surface area contributed by atoms with Crippen LogP contribution in [0.4, 0.5) is 0 Å². The zero-order valence-electron chi connectivity index (χ0n) is 13.8. The highest BCUT2D eigenvalue weighted by Gasteiger charge is 2.34. The van der Waals surface area contributed by atoms with Gasteiger partial charge in [-0.2, -0.15) is 0 Å². The maximum absolute atomic E-state index is 12.9. The molecule has 0 radical (unpaired) electrons. The molecule has 25 heavy (non-hydrogen) atoms. The van der Waals surface area contributed by atoms with Crippen molar-refractivity contribution in [1.82, 2.24) is 14.5 Å². The van der Waals surface area contributed by atoms with Gasteiger partial charge in [-0.1, -0.05) is 49.0 Å². The van der Waals surface area contributed by atoms with E-state index in [9.17, 15) is 9.59 Å². The first-order valence-electron chi connectivity index (χ1n) is 8.14. The standard InChI is InChI=1S/C20H17N3O2/c1-13-18-21-17-11-7-6-10-16(17)20(25)23(18)14(2)19(24)22(13)12-15-8-4-3-5-9-15/h3-11,14H,1,12H2,2H3/t14-/m0/s1. The first-order valence-corrected chi connectivity index (χ1v) is 8.14. The van der Waals surface area contributed by atoms with Gasteiger partial charge in [-0.3, -0.25) is 14.2 Å². The Morgan fingerprint density at radius 1 is 1.04 bits per heavy atom. The molecule has 5 nitrogen and oxygen atoms in total. The van der Waals surface area contributed by atoms with E-state index in [2.05, 4.69) is 11.6 Å². The third kappa shape index (κ3) is 2.36. The molecule has 0 saturated carbocycles. The Kier molecular flexibility index (Phi) is 3.50. The molecule has 1 amide bonds. The van der Waals surface area contributed by atoms with Gasteiger partial charge in [0.25, 0.3) is 5.56 Å². The van der Waals surface area contributed by atoms with Gasteiger partial charge in [0.15, 0.2) is 5.82 Å². The fraction of sp³-hybridized carbons (Fsp3) is 0.150. The van der Waals surface area contributed by atoms with Crippen molar-refractivity contribution in [3.05, 3.63) is 82.9 Å². The largest absolute Gasteiger partial charge is 0.303 e. The zero-order valence-corrected chi connectivity index (χ0v) is 13.8. The fourth-order valence-electron chi connectivity index (χ4n) is 3.24. The maximum atomic E-state index is 12.9. The number of benzene rings is 2. The van der Waals surface area contributed by atoms with E-state index >= 15 is 0 Å². The van der Waals surface area contributed by atoms with Crippen LogP contribution >= 0.6 is 0 Å². The molecule has 0 fully saturated rings. The fourth-order valence-corrected chi connectivity index (χ4v) is 3.24. The van der Waals surface area contributed by atoms with Crippen molar-refractivity contribution < 1.29 is 4.79 Å². The van der Waals surface area contributed by atoms with E-state index in [1.165, 1.54) is 4.57 Å². The number of aromatic nitrogens is 2. The average molecular weight is 331 g/mol. The molecular weight excluding hydrogens is 314 g/mol. The van der Waals surface area contributed by atoms with Crippen LogP contribution in [-0.4, -0.2) is 20.4 Å². The Morgan fingerprint density at radius 3 is 2.48 bits per heavy atom. The molecule has 1 aromatic heterocycles. The predicted molar refractivity (Wildman–Crippen MR) is 96.7 cm³/mol. The molecule has 1 aliphatic heterocycles. The average Bonchev–Trinajstić information content (AvgIpc) is 2.64. The maximum Gasteiger partial charge on any atom is 0.262 e. The minimum absolute atomic E-state index is 0.152. The monoisotopic (exact) mass is 331 g/mol. The molecule has 3 aromatic rings. The number of rotatable bonds is 2. The first-order chi connectivity index (χ1) is 12.1. The second-order valence-electron chi connectivity index (χ2n) is 6.16. The van der Waals surface area contributed by atoms with Crippen molar-refractivity contribution in [3.8, 4) is 0 Å². The molecule has 4 rings (SSSR count). The SMILES string of the molecule is C=C1c2nc3ccccc3c(=O)n2[C@@H](C)C(=O)N1Cc1ccccc1. The Balaban J connectivity index is 1.87. The van der Waals surface area contributed by atoms with Crippen LogP contribution in [0.5, 0.6) is 0 Å². The first kappa shape index (κ1) is 15.3. The lowest BCUT2D eigenvalue weighted by Gasteiger charge is -2.34. The number of nitrogens with zero attached hydrogens (tertiary/aromatic N) is 3. The molecule has 1 atom stereocenters. The molecule has 2 heterocycles. The van der Waals surface area contributed by atoms with Crippen LogP contribution < -0.4 is 5.56 Å². The summed E-state index contributed by atoms with van der Waals surface area (Å²) < 4.78 is 1.45. The summed E-state index contributed by atoms with van der Waals surface area (Å²) in [5.74, 6) is 0.298. The normalized spacial score (nSPS) is 17.0. The van der Waals surface area contributed by atoms with Crippen LogP contribution in [0.15, 0.2) is 66.0 Å². The van der Waals surface area contributed by atoms with Crippen molar-refractivity contribution >= 4 is 22.5 Å². The van der Waals surface area contributed by atoms with Gasteiger partial charge in [0, 0.05) is 0 Å². The summed E-state index contributed by atoms with van der Waals surface area (Å²) in [4.78, 5) is 31.9. The highest BCUT2D eigenvalue weighted by Crippen LogP contribution is 2.29. The van der Waals surface area contributed by atoms with E-state index in [1.54, 1.807) is 30.0 Å². The summed E-state index contributed by atoms with van der Waals surface area (Å²) in [7, 11) is 0. The number of hydrogen-bond acceptors (Lipinski definition) is 3. The highest BCUT2D eigenvalue weighted by molar-refractivity contribution is 5.92. The van der Waals surface area contributed by atoms with E-state index in [-0.39, 0.29) is 11.5 Å². The number of carbonyl (C=O) groups is 1. The van der Waals surface area contributed by atoms with Crippen LogP contribution in [-0.2, 0) is 11.3 Å². The van der Waals surface area contributed by atoms with Crippen LogP contribution in [0.25, 0.3) is 16.6 Å². The van der Waals surface area contributed by atoms with Gasteiger partial charge < -0.3 is 4.90 Å². The molecule has 5 heteroatoms. The van der Waals surface area contributed by atoms with Crippen LogP contribution in [0.3, 0.4) is 0 Å². The third-order valence-corrected chi connectivity index (χ3v) is 4.59. The zero-order chi connectivity index (χ0) is 17.6. The lowest BCUT2D eigenvalue weighted by molar-refractivity contribution is -0.132. The smallest absolute Gasteiger partial charge is 0.262 e. The van der Waals surface area contributed by atoms with E-state index in [4.69, 9.17) is 0 Å². The summed E-state index contributed by atoms with van der Waals surface area (Å²) in [6, 6.07) is 16.3. The van der Waals surface area contributed by atoms with Gasteiger partial charge in [0.1, 0.15) is 6.04 Å². The Hall–Kier alpha value is -3.21. The number of carbonyl (C=O) groups excluding carboxylic acids is 1. The van der Waals surface area contributed by atoms with Crippen molar-refractivity contribution in [1.29, 1.82) is 0 Å². The van der Waals surface area contributed by atoms with Gasteiger partial charge in [-0.05, 0) is 24.6 Å². The topological polar surface area (TPSA) is 55.2 Å². The predicted octanol–water partition coefficient (Wildman–Crippen LogP) is 2.97. The molecule has 0 spiro atoms. The summed E-state index contributed by atoms with van der Waals surface area (Å²) in [6.45, 7) is 6.19. The lowest BCUT2D eigenvalue weighted by atomic mass is 10.1. The lowest BCUT2D eigenvalue weighted by Crippen LogP contribution is -2.45. The molecule has 1 aliphatic rings. The van der Waals surface area contributed by atoms with E-state index in [0.29, 0.717) is 29.0 Å². The molecule has 2 aromatic carbocycles. The molecule has 0 aliphatic carbocycles. The number of amides is 1. The van der Waals surface area contributed by atoms with E-state index in [1.807, 2.05) is 36.4 Å². The third-order valence-electron chi connectivity index (χ3n) is 4.59. The van der Waals surface area contributed by atoms with Gasteiger partial charge in [-0.25, -0.2) is 4.98 Å². The Morgan fingerprint density at radius 2 is 1.72 bits per heavy atom. The molecule has 0 bridgehead atoms. The molecule has 0 saturated heterocycles. The molecule has 124 valence electrons. The van der Waals surface area contributed by atoms with Crippen LogP contribution in [0.2, 0.25) is 0 Å². The molecule has 0 N–H and O–H groups in total. The summed E-state index contributed by atoms with van der Waals surface area (Å²) in [5.41, 5.74) is 1.86. The number of para-hydroxylation sites is 1. The van der Waals surface area contributed by atoms with Crippen molar-refractivity contribution in [3.63, 3.8) is 0 Å². The second-order valence-corrected chi connectivity index (χ2v) is 6.16. The number of fused-ring (bicyclic) bond motifs is 2. The Bertz CT molecular complexity index is 1050. The Labute approximate surface area is 144 Å². The van der Waals surface area contributed by atoms with Gasteiger partial charge in [-0.15, -0.1) is 0 Å². The minimum Gasteiger partial charge on any atom is -0.303 e. The van der Waals surface area contributed by atoms with Crippen molar-refractivity contribution in [2.75, 3.05) is 0 Å². The molecular formula is C20H17N3O2. The van der Waals surface area contributed by atoms with Gasteiger partial charge in [0.2, 0.25) is 5.91 Å². The van der Waals surface area contributed by atoms with Gasteiger partial charge in [0.05, 0.1) is 23.1 Å². The van der Waals surface area contributed by atoms with E-state index in [0.717, 1.165) is 5.56 Å². The second kappa shape index (κ2) is 5.70. The molecule has 0 unspecified atom stereocenters. The minimum atomic E-state index is -0.617. The van der Waals surface area contributed by atoms with E-state index < -0.39 is 6.04 Å². The summed E-state index contributed by atoms with van der Waals surface area (Å²) >= 11 is 0.